The van der Waals surface area contributed by atoms with Gasteiger partial charge in [0, 0.05) is 25.8 Å². The molecule has 0 bridgehead atoms. The zero-order valence-corrected chi connectivity index (χ0v) is 13.1. The molecule has 1 aromatic heterocycles. The van der Waals surface area contributed by atoms with Gasteiger partial charge in [-0.1, -0.05) is 32.6 Å². The van der Waals surface area contributed by atoms with Crippen LogP contribution >= 0.6 is 0 Å². The van der Waals surface area contributed by atoms with E-state index >= 15 is 0 Å². The first-order valence-electron chi connectivity index (χ1n) is 8.19. The van der Waals surface area contributed by atoms with Crippen LogP contribution in [0.5, 0.6) is 0 Å². The number of hydrogen-bond donors (Lipinski definition) is 1. The molecule has 0 aliphatic heterocycles. The highest BCUT2D eigenvalue weighted by Crippen LogP contribution is 2.24. The van der Waals surface area contributed by atoms with Crippen LogP contribution < -0.4 is 10.2 Å². The monoisotopic (exact) mass is 275 g/mol. The molecule has 0 unspecified atom stereocenters. The zero-order valence-electron chi connectivity index (χ0n) is 13.1. The first-order chi connectivity index (χ1) is 9.81. The lowest BCUT2D eigenvalue weighted by Gasteiger charge is -2.28. The molecule has 3 heteroatoms. The molecule has 1 aliphatic carbocycles. The van der Waals surface area contributed by atoms with E-state index in [1.807, 2.05) is 6.20 Å². The van der Waals surface area contributed by atoms with Crippen molar-refractivity contribution in [3.05, 3.63) is 23.9 Å². The normalized spacial score (nSPS) is 16.9. The van der Waals surface area contributed by atoms with Crippen LogP contribution in [0.4, 0.5) is 5.82 Å². The van der Waals surface area contributed by atoms with Gasteiger partial charge in [-0.15, -0.1) is 0 Å². The fraction of sp³-hybridized carbons (Fsp3) is 0.706. The van der Waals surface area contributed by atoms with Gasteiger partial charge in [-0.3, -0.25) is 0 Å². The molecule has 0 atom stereocenters. The number of pyridine rings is 1. The highest BCUT2D eigenvalue weighted by atomic mass is 15.2. The molecule has 3 nitrogen and oxygen atoms in total. The third kappa shape index (κ3) is 4.48. The standard InChI is InChI=1S/C17H29N3/c1-3-11-18-14-15-10-12-19-17(13-15)20(2)16-8-6-4-5-7-9-16/h10,12-13,16,18H,3-9,11,14H2,1-2H3. The Hall–Kier alpha value is -1.09. The lowest BCUT2D eigenvalue weighted by atomic mass is 10.1. The Morgan fingerprint density at radius 3 is 2.70 bits per heavy atom. The van der Waals surface area contributed by atoms with Crippen LogP contribution in [0.3, 0.4) is 0 Å². The minimum Gasteiger partial charge on any atom is -0.357 e. The van der Waals surface area contributed by atoms with Crippen molar-refractivity contribution in [3.8, 4) is 0 Å². The highest BCUT2D eigenvalue weighted by molar-refractivity contribution is 5.41. The Balaban J connectivity index is 1.97. The van der Waals surface area contributed by atoms with Crippen LogP contribution in [0, 0.1) is 0 Å². The van der Waals surface area contributed by atoms with Gasteiger partial charge < -0.3 is 10.2 Å². The summed E-state index contributed by atoms with van der Waals surface area (Å²) in [6.45, 7) is 4.23. The Morgan fingerprint density at radius 2 is 2.00 bits per heavy atom. The molecular formula is C17H29N3. The van der Waals surface area contributed by atoms with Crippen molar-refractivity contribution in [1.29, 1.82) is 0 Å². The van der Waals surface area contributed by atoms with Gasteiger partial charge in [0.05, 0.1) is 0 Å². The van der Waals surface area contributed by atoms with E-state index in [4.69, 9.17) is 0 Å². The second kappa shape index (κ2) is 8.25. The number of hydrogen-bond acceptors (Lipinski definition) is 3. The molecule has 2 rings (SSSR count). The summed E-state index contributed by atoms with van der Waals surface area (Å²) in [7, 11) is 2.21. The minimum atomic E-state index is 0.670. The first-order valence-corrected chi connectivity index (χ1v) is 8.19. The molecule has 1 fully saturated rings. The number of nitrogens with zero attached hydrogens (tertiary/aromatic N) is 2. The van der Waals surface area contributed by atoms with E-state index in [2.05, 4.69) is 41.3 Å². The Kier molecular flexibility index (Phi) is 6.31. The largest absolute Gasteiger partial charge is 0.357 e. The van der Waals surface area contributed by atoms with E-state index in [9.17, 15) is 0 Å². The molecule has 0 spiro atoms. The molecule has 0 radical (unpaired) electrons. The Bertz CT molecular complexity index is 384. The third-order valence-corrected chi connectivity index (χ3v) is 4.30. The topological polar surface area (TPSA) is 28.2 Å². The molecule has 1 saturated carbocycles. The van der Waals surface area contributed by atoms with E-state index in [1.165, 1.54) is 50.5 Å². The molecule has 1 heterocycles. The smallest absolute Gasteiger partial charge is 0.128 e. The number of rotatable bonds is 6. The summed E-state index contributed by atoms with van der Waals surface area (Å²) in [6.07, 6.45) is 11.3. The van der Waals surface area contributed by atoms with E-state index in [0.29, 0.717) is 6.04 Å². The van der Waals surface area contributed by atoms with Crippen molar-refractivity contribution < 1.29 is 0 Å². The molecule has 1 aliphatic rings. The average Bonchev–Trinajstić information content (AvgIpc) is 2.76. The zero-order chi connectivity index (χ0) is 14.2. The second-order valence-corrected chi connectivity index (χ2v) is 5.96. The first kappa shape index (κ1) is 15.3. The van der Waals surface area contributed by atoms with E-state index in [1.54, 1.807) is 0 Å². The molecule has 1 N–H and O–H groups in total. The SMILES string of the molecule is CCCNCc1ccnc(N(C)C2CCCCCC2)c1. The number of nitrogens with one attached hydrogen (secondary N) is 1. The number of aromatic nitrogens is 1. The molecule has 1 aromatic rings. The molecule has 0 aromatic carbocycles. The number of anilines is 1. The fourth-order valence-corrected chi connectivity index (χ4v) is 3.01. The van der Waals surface area contributed by atoms with Crippen LogP contribution in [0.2, 0.25) is 0 Å². The van der Waals surface area contributed by atoms with Gasteiger partial charge in [-0.2, -0.15) is 0 Å². The van der Waals surface area contributed by atoms with E-state index < -0.39 is 0 Å². The van der Waals surface area contributed by atoms with Crippen molar-refractivity contribution in [3.63, 3.8) is 0 Å². The maximum absolute atomic E-state index is 4.57. The van der Waals surface area contributed by atoms with Gasteiger partial charge in [0.2, 0.25) is 0 Å². The van der Waals surface area contributed by atoms with E-state index in [-0.39, 0.29) is 0 Å². The summed E-state index contributed by atoms with van der Waals surface area (Å²) in [5, 5.41) is 3.46. The van der Waals surface area contributed by atoms with Crippen molar-refractivity contribution >= 4 is 5.82 Å². The maximum Gasteiger partial charge on any atom is 0.128 e. The van der Waals surface area contributed by atoms with Crippen LogP contribution in [-0.2, 0) is 6.54 Å². The van der Waals surface area contributed by atoms with Gasteiger partial charge in [0.25, 0.3) is 0 Å². The van der Waals surface area contributed by atoms with E-state index in [0.717, 1.165) is 18.9 Å². The van der Waals surface area contributed by atoms with Crippen LogP contribution in [-0.4, -0.2) is 24.6 Å². The fourth-order valence-electron chi connectivity index (χ4n) is 3.01. The van der Waals surface area contributed by atoms with Gasteiger partial charge in [0.15, 0.2) is 0 Å². The summed E-state index contributed by atoms with van der Waals surface area (Å²) in [4.78, 5) is 6.97. The molecule has 20 heavy (non-hydrogen) atoms. The Labute approximate surface area is 123 Å². The van der Waals surface area contributed by atoms with Crippen LogP contribution in [0.15, 0.2) is 18.3 Å². The molecule has 0 saturated heterocycles. The van der Waals surface area contributed by atoms with Crippen molar-refractivity contribution in [2.45, 2.75) is 64.5 Å². The maximum atomic E-state index is 4.57. The molecule has 112 valence electrons. The Morgan fingerprint density at radius 1 is 1.25 bits per heavy atom. The summed E-state index contributed by atoms with van der Waals surface area (Å²) >= 11 is 0. The summed E-state index contributed by atoms with van der Waals surface area (Å²) in [5.41, 5.74) is 1.34. The van der Waals surface area contributed by atoms with Crippen molar-refractivity contribution in [1.82, 2.24) is 10.3 Å². The van der Waals surface area contributed by atoms with Crippen molar-refractivity contribution in [2.24, 2.45) is 0 Å². The van der Waals surface area contributed by atoms with Crippen LogP contribution in [0.25, 0.3) is 0 Å². The van der Waals surface area contributed by atoms with Gasteiger partial charge >= 0.3 is 0 Å². The average molecular weight is 275 g/mol. The molecular weight excluding hydrogens is 246 g/mol. The minimum absolute atomic E-state index is 0.670. The highest BCUT2D eigenvalue weighted by Gasteiger charge is 2.18. The molecule has 0 amide bonds. The lowest BCUT2D eigenvalue weighted by molar-refractivity contribution is 0.549. The van der Waals surface area contributed by atoms with Gasteiger partial charge in [0.1, 0.15) is 5.82 Å². The second-order valence-electron chi connectivity index (χ2n) is 5.96. The van der Waals surface area contributed by atoms with Crippen LogP contribution in [0.1, 0.15) is 57.4 Å². The van der Waals surface area contributed by atoms with Gasteiger partial charge in [-0.05, 0) is 43.5 Å². The predicted octanol–water partition coefficient (Wildman–Crippen LogP) is 3.74. The predicted molar refractivity (Wildman–Crippen MR) is 86.1 cm³/mol. The lowest BCUT2D eigenvalue weighted by Crippen LogP contribution is -2.31. The van der Waals surface area contributed by atoms with Crippen molar-refractivity contribution in [2.75, 3.05) is 18.5 Å². The summed E-state index contributed by atoms with van der Waals surface area (Å²) in [5.74, 6) is 1.13. The summed E-state index contributed by atoms with van der Waals surface area (Å²) in [6, 6.07) is 5.03. The van der Waals surface area contributed by atoms with Gasteiger partial charge in [-0.25, -0.2) is 4.98 Å². The quantitative estimate of drug-likeness (QED) is 0.633. The summed E-state index contributed by atoms with van der Waals surface area (Å²) < 4.78 is 0. The third-order valence-electron chi connectivity index (χ3n) is 4.30.